The van der Waals surface area contributed by atoms with Crippen LogP contribution in [0.25, 0.3) is 0 Å². The molecular formula is C13H22N2O3S. The van der Waals surface area contributed by atoms with Crippen molar-refractivity contribution in [2.45, 2.75) is 31.9 Å². The van der Waals surface area contributed by atoms with Crippen molar-refractivity contribution in [1.29, 1.82) is 0 Å². The zero-order chi connectivity index (χ0) is 14.5. The van der Waals surface area contributed by atoms with Crippen LogP contribution in [0.4, 0.5) is 5.82 Å². The summed E-state index contributed by atoms with van der Waals surface area (Å²) < 4.78 is 28.0. The average Bonchev–Trinajstić information content (AvgIpc) is 2.33. The fourth-order valence-electron chi connectivity index (χ4n) is 1.28. The molecule has 0 fully saturated rings. The van der Waals surface area contributed by atoms with Gasteiger partial charge >= 0.3 is 0 Å². The molecule has 1 rings (SSSR count). The van der Waals surface area contributed by atoms with Crippen LogP contribution in [0, 0.1) is 0 Å². The van der Waals surface area contributed by atoms with Gasteiger partial charge in [-0.05, 0) is 32.4 Å². The van der Waals surface area contributed by atoms with Gasteiger partial charge in [0.05, 0.1) is 11.4 Å². The molecule has 0 unspecified atom stereocenters. The van der Waals surface area contributed by atoms with Crippen molar-refractivity contribution in [3.05, 3.63) is 18.3 Å². The second-order valence-electron chi connectivity index (χ2n) is 5.08. The Kier molecular flexibility index (Phi) is 5.17. The zero-order valence-corrected chi connectivity index (χ0v) is 12.8. The molecule has 0 bridgehead atoms. The van der Waals surface area contributed by atoms with E-state index in [1.54, 1.807) is 26.1 Å². The predicted octanol–water partition coefficient (Wildman–Crippen LogP) is 2.11. The van der Waals surface area contributed by atoms with Gasteiger partial charge in [-0.15, -0.1) is 0 Å². The fourth-order valence-corrected chi connectivity index (χ4v) is 1.61. The predicted molar refractivity (Wildman–Crippen MR) is 77.4 cm³/mol. The van der Waals surface area contributed by atoms with Crippen molar-refractivity contribution in [2.75, 3.05) is 24.7 Å². The second-order valence-corrected chi connectivity index (χ2v) is 7.73. The van der Waals surface area contributed by atoms with Crippen LogP contribution in [-0.4, -0.2) is 37.6 Å². The number of pyridine rings is 1. The van der Waals surface area contributed by atoms with Gasteiger partial charge in [0.25, 0.3) is 0 Å². The Morgan fingerprint density at radius 3 is 2.68 bits per heavy atom. The third kappa shape index (κ3) is 4.38. The van der Waals surface area contributed by atoms with Gasteiger partial charge in [-0.2, -0.15) is 0 Å². The minimum Gasteiger partial charge on any atom is -0.490 e. The van der Waals surface area contributed by atoms with Crippen LogP contribution in [0.5, 0.6) is 5.75 Å². The van der Waals surface area contributed by atoms with Crippen molar-refractivity contribution >= 4 is 15.7 Å². The van der Waals surface area contributed by atoms with E-state index in [1.807, 2.05) is 13.0 Å². The van der Waals surface area contributed by atoms with Gasteiger partial charge in [-0.3, -0.25) is 0 Å². The van der Waals surface area contributed by atoms with Crippen LogP contribution in [0.2, 0.25) is 0 Å². The first-order chi connectivity index (χ1) is 8.78. The number of sulfone groups is 1. The Bertz CT molecular complexity index is 512. The minimum atomic E-state index is -3.13. The zero-order valence-electron chi connectivity index (χ0n) is 11.9. The molecule has 0 aromatic carbocycles. The molecule has 0 saturated heterocycles. The summed E-state index contributed by atoms with van der Waals surface area (Å²) in [6.07, 6.45) is 3.79. The van der Waals surface area contributed by atoms with E-state index in [4.69, 9.17) is 4.74 Å². The first kappa shape index (κ1) is 15.8. The van der Waals surface area contributed by atoms with Crippen LogP contribution < -0.4 is 10.1 Å². The van der Waals surface area contributed by atoms with Crippen molar-refractivity contribution in [3.8, 4) is 5.75 Å². The fraction of sp³-hybridized carbons (Fsp3) is 0.615. The number of anilines is 1. The van der Waals surface area contributed by atoms with Crippen molar-refractivity contribution in [3.63, 3.8) is 0 Å². The third-order valence-electron chi connectivity index (χ3n) is 2.92. The van der Waals surface area contributed by atoms with Crippen molar-refractivity contribution < 1.29 is 13.2 Å². The molecule has 0 spiro atoms. The highest BCUT2D eigenvalue weighted by Crippen LogP contribution is 2.23. The molecule has 0 aliphatic heterocycles. The number of hydrogen-bond donors (Lipinski definition) is 1. The Balaban J connectivity index is 2.78. The Morgan fingerprint density at radius 2 is 2.11 bits per heavy atom. The highest BCUT2D eigenvalue weighted by atomic mass is 32.2. The van der Waals surface area contributed by atoms with Gasteiger partial charge < -0.3 is 10.1 Å². The summed E-state index contributed by atoms with van der Waals surface area (Å²) in [4.78, 5) is 4.19. The molecule has 5 nitrogen and oxygen atoms in total. The van der Waals surface area contributed by atoms with E-state index in [1.165, 1.54) is 6.26 Å². The van der Waals surface area contributed by atoms with Crippen LogP contribution in [0.3, 0.4) is 0 Å². The molecule has 0 aliphatic carbocycles. The minimum absolute atomic E-state index is 0.283. The van der Waals surface area contributed by atoms with Crippen LogP contribution in [0.1, 0.15) is 27.2 Å². The quantitative estimate of drug-likeness (QED) is 0.831. The number of nitrogens with zero attached hydrogens (tertiary/aromatic N) is 1. The van der Waals surface area contributed by atoms with Gasteiger partial charge in [-0.25, -0.2) is 13.4 Å². The van der Waals surface area contributed by atoms with E-state index in [-0.39, 0.29) is 6.54 Å². The lowest BCUT2D eigenvalue weighted by Gasteiger charge is -2.23. The third-order valence-corrected chi connectivity index (χ3v) is 5.07. The molecular weight excluding hydrogens is 264 g/mol. The summed E-state index contributed by atoms with van der Waals surface area (Å²) in [5.74, 6) is 1.22. The maximum absolute atomic E-state index is 11.6. The van der Waals surface area contributed by atoms with Gasteiger partial charge in [-0.1, -0.05) is 6.92 Å². The Hall–Kier alpha value is -1.30. The highest BCUT2D eigenvalue weighted by Gasteiger charge is 2.30. The van der Waals surface area contributed by atoms with E-state index >= 15 is 0 Å². The molecule has 0 aliphatic rings. The molecule has 108 valence electrons. The first-order valence-corrected chi connectivity index (χ1v) is 8.18. The number of nitrogens with one attached hydrogen (secondary N) is 1. The van der Waals surface area contributed by atoms with E-state index < -0.39 is 14.6 Å². The van der Waals surface area contributed by atoms with Gasteiger partial charge in [0.1, 0.15) is 0 Å². The topological polar surface area (TPSA) is 68.3 Å². The summed E-state index contributed by atoms with van der Waals surface area (Å²) in [7, 11) is -3.13. The number of aromatic nitrogens is 1. The summed E-state index contributed by atoms with van der Waals surface area (Å²) in [5, 5.41) is 3.05. The molecule has 1 heterocycles. The molecule has 0 radical (unpaired) electrons. The largest absolute Gasteiger partial charge is 0.490 e. The van der Waals surface area contributed by atoms with Crippen molar-refractivity contribution in [2.24, 2.45) is 0 Å². The number of rotatable bonds is 7. The summed E-state index contributed by atoms with van der Waals surface area (Å²) in [5.41, 5.74) is 0. The molecule has 0 saturated carbocycles. The molecule has 19 heavy (non-hydrogen) atoms. The molecule has 6 heteroatoms. The monoisotopic (exact) mass is 286 g/mol. The number of ether oxygens (including phenoxy) is 1. The molecule has 1 N–H and O–H groups in total. The normalized spacial score (nSPS) is 12.2. The molecule has 1 aromatic heterocycles. The van der Waals surface area contributed by atoms with E-state index in [9.17, 15) is 8.42 Å². The highest BCUT2D eigenvalue weighted by molar-refractivity contribution is 7.92. The Morgan fingerprint density at radius 1 is 1.42 bits per heavy atom. The first-order valence-electron chi connectivity index (χ1n) is 6.29. The lowest BCUT2D eigenvalue weighted by atomic mass is 10.2. The Labute approximate surface area is 115 Å². The standard InChI is InChI=1S/C13H22N2O3S/c1-5-9-18-11-7-6-8-14-12(11)15-10-13(2,3)19(4,16)17/h6-8H,5,9-10H2,1-4H3,(H,14,15). The summed E-state index contributed by atoms with van der Waals surface area (Å²) in [6, 6.07) is 3.61. The van der Waals surface area contributed by atoms with Gasteiger partial charge in [0, 0.05) is 19.0 Å². The van der Waals surface area contributed by atoms with E-state index in [0.717, 1.165) is 6.42 Å². The van der Waals surface area contributed by atoms with Crippen molar-refractivity contribution in [1.82, 2.24) is 4.98 Å². The van der Waals surface area contributed by atoms with Crippen LogP contribution in [0.15, 0.2) is 18.3 Å². The summed E-state index contributed by atoms with van der Waals surface area (Å²) >= 11 is 0. The molecule has 1 aromatic rings. The average molecular weight is 286 g/mol. The van der Waals surface area contributed by atoms with Gasteiger partial charge in [0.15, 0.2) is 21.4 Å². The van der Waals surface area contributed by atoms with E-state index in [0.29, 0.717) is 18.2 Å². The lowest BCUT2D eigenvalue weighted by Crippen LogP contribution is -2.38. The summed E-state index contributed by atoms with van der Waals surface area (Å²) in [6.45, 7) is 6.28. The maximum atomic E-state index is 11.6. The second kappa shape index (κ2) is 6.23. The molecule has 0 amide bonds. The van der Waals surface area contributed by atoms with Gasteiger partial charge in [0.2, 0.25) is 0 Å². The van der Waals surface area contributed by atoms with Crippen LogP contribution in [-0.2, 0) is 9.84 Å². The lowest BCUT2D eigenvalue weighted by molar-refractivity contribution is 0.317. The maximum Gasteiger partial charge on any atom is 0.168 e. The molecule has 0 atom stereocenters. The van der Waals surface area contributed by atoms with E-state index in [2.05, 4.69) is 10.3 Å². The number of hydrogen-bond acceptors (Lipinski definition) is 5. The smallest absolute Gasteiger partial charge is 0.168 e. The SMILES string of the molecule is CCCOc1cccnc1NCC(C)(C)S(C)(=O)=O. The van der Waals surface area contributed by atoms with Crippen LogP contribution >= 0.6 is 0 Å².